The molecule has 37 heavy (non-hydrogen) atoms. The van der Waals surface area contributed by atoms with E-state index in [-0.39, 0.29) is 43.7 Å². The molecule has 0 bridgehead atoms. The third-order valence-corrected chi connectivity index (χ3v) is 7.84. The Hall–Kier alpha value is -2.29. The maximum Gasteiger partial charge on any atom is 0.242 e. The van der Waals surface area contributed by atoms with Crippen LogP contribution in [0.25, 0.3) is 0 Å². The molecule has 204 valence electrons. The van der Waals surface area contributed by atoms with Crippen LogP contribution in [0.15, 0.2) is 42.5 Å². The smallest absolute Gasteiger partial charge is 0.242 e. The van der Waals surface area contributed by atoms with Crippen molar-refractivity contribution >= 4 is 50.7 Å². The number of rotatable bonds is 13. The lowest BCUT2D eigenvalue weighted by molar-refractivity contribution is -0.141. The van der Waals surface area contributed by atoms with E-state index in [0.29, 0.717) is 34.3 Å². The third-order valence-electron chi connectivity index (χ3n) is 5.93. The molecule has 0 aliphatic rings. The van der Waals surface area contributed by atoms with Gasteiger partial charge in [-0.1, -0.05) is 67.7 Å². The van der Waals surface area contributed by atoms with Gasteiger partial charge in [0, 0.05) is 41.7 Å². The molecule has 0 saturated heterocycles. The molecule has 0 aliphatic heterocycles. The van der Waals surface area contributed by atoms with Gasteiger partial charge in [-0.25, -0.2) is 8.42 Å². The van der Waals surface area contributed by atoms with Gasteiger partial charge in [-0.15, -0.1) is 0 Å². The molecule has 0 heterocycles. The summed E-state index contributed by atoms with van der Waals surface area (Å²) in [6.07, 6.45) is 1.87. The fraction of sp³-hybridized carbons (Fsp3) is 0.481. The second-order valence-electron chi connectivity index (χ2n) is 9.56. The van der Waals surface area contributed by atoms with Gasteiger partial charge in [0.05, 0.1) is 11.9 Å². The molecule has 0 fully saturated rings. The average molecular weight is 571 g/mol. The van der Waals surface area contributed by atoms with Gasteiger partial charge in [0.2, 0.25) is 21.8 Å². The van der Waals surface area contributed by atoms with Crippen molar-refractivity contribution in [3.63, 3.8) is 0 Å². The van der Waals surface area contributed by atoms with Gasteiger partial charge in [-0.3, -0.25) is 13.9 Å². The van der Waals surface area contributed by atoms with Crippen LogP contribution in [0.2, 0.25) is 10.0 Å². The van der Waals surface area contributed by atoms with Crippen LogP contribution < -0.4 is 9.62 Å². The summed E-state index contributed by atoms with van der Waals surface area (Å²) in [5.41, 5.74) is 2.12. The zero-order valence-corrected chi connectivity index (χ0v) is 24.5. The molecule has 0 unspecified atom stereocenters. The first kappa shape index (κ1) is 30.9. The fourth-order valence-electron chi connectivity index (χ4n) is 3.91. The highest BCUT2D eigenvalue weighted by Crippen LogP contribution is 2.27. The van der Waals surface area contributed by atoms with Crippen molar-refractivity contribution < 1.29 is 18.0 Å². The molecular formula is C27H37Cl2N3O4S. The number of nitrogens with zero attached hydrogens (tertiary/aromatic N) is 2. The summed E-state index contributed by atoms with van der Waals surface area (Å²) in [6, 6.07) is 11.6. The topological polar surface area (TPSA) is 86.8 Å². The van der Waals surface area contributed by atoms with Gasteiger partial charge < -0.3 is 10.2 Å². The van der Waals surface area contributed by atoms with Crippen molar-refractivity contribution in [1.82, 2.24) is 10.2 Å². The molecule has 0 radical (unpaired) electrons. The Bertz CT molecular complexity index is 1150. The molecule has 2 rings (SSSR count). The summed E-state index contributed by atoms with van der Waals surface area (Å²) in [4.78, 5) is 28.1. The predicted octanol–water partition coefficient (Wildman–Crippen LogP) is 5.43. The number of amides is 2. The molecule has 2 aromatic rings. The van der Waals surface area contributed by atoms with Crippen LogP contribution >= 0.6 is 23.2 Å². The van der Waals surface area contributed by atoms with Crippen molar-refractivity contribution in [3.05, 3.63) is 63.6 Å². The lowest BCUT2D eigenvalue weighted by Crippen LogP contribution is -2.49. The first-order valence-electron chi connectivity index (χ1n) is 12.4. The number of halogens is 2. The number of hydrogen-bond donors (Lipinski definition) is 1. The van der Waals surface area contributed by atoms with Gasteiger partial charge in [0.25, 0.3) is 0 Å². The van der Waals surface area contributed by atoms with Gasteiger partial charge in [-0.2, -0.15) is 0 Å². The summed E-state index contributed by atoms with van der Waals surface area (Å²) in [5, 5.41) is 3.73. The number of sulfonamides is 1. The van der Waals surface area contributed by atoms with Crippen LogP contribution in [-0.2, 0) is 26.2 Å². The number of hydrogen-bond acceptors (Lipinski definition) is 4. The minimum absolute atomic E-state index is 0.0495. The fourth-order valence-corrected chi connectivity index (χ4v) is 5.39. The van der Waals surface area contributed by atoms with Crippen LogP contribution in [0.3, 0.4) is 0 Å². The molecule has 2 aromatic carbocycles. The minimum Gasteiger partial charge on any atom is -0.354 e. The first-order valence-corrected chi connectivity index (χ1v) is 15.0. The van der Waals surface area contributed by atoms with Crippen molar-refractivity contribution in [2.24, 2.45) is 5.92 Å². The number of anilines is 1. The van der Waals surface area contributed by atoms with E-state index in [1.165, 1.54) is 9.21 Å². The highest BCUT2D eigenvalue weighted by atomic mass is 35.5. The van der Waals surface area contributed by atoms with Crippen LogP contribution in [-0.4, -0.2) is 50.5 Å². The van der Waals surface area contributed by atoms with Crippen LogP contribution in [0.5, 0.6) is 0 Å². The second-order valence-corrected chi connectivity index (χ2v) is 12.3. The van der Waals surface area contributed by atoms with Gasteiger partial charge in [0.1, 0.15) is 6.04 Å². The number of carbonyl (C=O) groups is 2. The van der Waals surface area contributed by atoms with E-state index in [0.717, 1.165) is 11.8 Å². The Morgan fingerprint density at radius 1 is 1.03 bits per heavy atom. The van der Waals surface area contributed by atoms with E-state index >= 15 is 0 Å². The Balaban J connectivity index is 2.26. The molecule has 7 nitrogen and oxygen atoms in total. The Morgan fingerprint density at radius 2 is 1.62 bits per heavy atom. The second kappa shape index (κ2) is 14.0. The summed E-state index contributed by atoms with van der Waals surface area (Å²) in [7, 11) is -3.55. The van der Waals surface area contributed by atoms with E-state index < -0.39 is 16.1 Å². The molecule has 1 N–H and O–H groups in total. The van der Waals surface area contributed by atoms with Gasteiger partial charge >= 0.3 is 0 Å². The molecule has 10 heteroatoms. The summed E-state index contributed by atoms with van der Waals surface area (Å²) >= 11 is 12.8. The predicted molar refractivity (Wildman–Crippen MR) is 152 cm³/mol. The van der Waals surface area contributed by atoms with Gasteiger partial charge in [0.15, 0.2) is 0 Å². The number of benzene rings is 2. The third kappa shape index (κ3) is 9.20. The highest BCUT2D eigenvalue weighted by Gasteiger charge is 2.30. The average Bonchev–Trinajstić information content (AvgIpc) is 2.82. The van der Waals surface area contributed by atoms with Crippen LogP contribution in [0, 0.1) is 12.8 Å². The van der Waals surface area contributed by atoms with E-state index in [2.05, 4.69) is 5.32 Å². The quantitative estimate of drug-likeness (QED) is 0.348. The lowest BCUT2D eigenvalue weighted by Gasteiger charge is -2.32. The standard InChI is InChI=1S/C27H37Cl2N3O4S/c1-6-25(27(34)30-17-19(2)3)31(18-22-23(28)9-7-10-24(22)29)26(33)11-8-16-32(37(5,35)36)21-14-12-20(4)13-15-21/h7,9-10,12-15,19,25H,6,8,11,16-18H2,1-5H3,(H,30,34)/t25-/m0/s1. The van der Waals surface area contributed by atoms with Gasteiger partial charge in [-0.05, 0) is 49.9 Å². The molecule has 0 spiro atoms. The zero-order valence-electron chi connectivity index (χ0n) is 22.1. The highest BCUT2D eigenvalue weighted by molar-refractivity contribution is 7.92. The molecule has 2 amide bonds. The van der Waals surface area contributed by atoms with Crippen molar-refractivity contribution in [1.29, 1.82) is 0 Å². The van der Waals surface area contributed by atoms with E-state index in [1.807, 2.05) is 39.8 Å². The van der Waals surface area contributed by atoms with E-state index in [9.17, 15) is 18.0 Å². The molecule has 0 aliphatic carbocycles. The summed E-state index contributed by atoms with van der Waals surface area (Å²) in [6.45, 7) is 8.45. The molecular weight excluding hydrogens is 533 g/mol. The molecule has 0 saturated carbocycles. The number of carbonyl (C=O) groups excluding carboxylic acids is 2. The Morgan fingerprint density at radius 3 is 2.14 bits per heavy atom. The van der Waals surface area contributed by atoms with Crippen molar-refractivity contribution in [3.8, 4) is 0 Å². The number of nitrogens with one attached hydrogen (secondary N) is 1. The van der Waals surface area contributed by atoms with E-state index in [1.54, 1.807) is 30.3 Å². The largest absolute Gasteiger partial charge is 0.354 e. The summed E-state index contributed by atoms with van der Waals surface area (Å²) < 4.78 is 26.2. The monoisotopic (exact) mass is 569 g/mol. The minimum atomic E-state index is -3.55. The Kier molecular flexibility index (Phi) is 11.7. The maximum absolute atomic E-state index is 13.5. The van der Waals surface area contributed by atoms with Crippen molar-refractivity contribution in [2.75, 3.05) is 23.7 Å². The molecule has 0 aromatic heterocycles. The Labute approximate surface area is 231 Å². The lowest BCUT2D eigenvalue weighted by atomic mass is 10.1. The van der Waals surface area contributed by atoms with Crippen LogP contribution in [0.4, 0.5) is 5.69 Å². The van der Waals surface area contributed by atoms with E-state index in [4.69, 9.17) is 23.2 Å². The zero-order chi connectivity index (χ0) is 27.8. The van der Waals surface area contributed by atoms with Crippen molar-refractivity contribution in [2.45, 2.75) is 59.5 Å². The normalized spacial score (nSPS) is 12.3. The first-order chi connectivity index (χ1) is 17.3. The molecule has 1 atom stereocenters. The number of aryl methyl sites for hydroxylation is 1. The maximum atomic E-state index is 13.5. The SMILES string of the molecule is CC[C@@H](C(=O)NCC(C)C)N(Cc1c(Cl)cccc1Cl)C(=O)CCCN(c1ccc(C)cc1)S(C)(=O)=O. The summed E-state index contributed by atoms with van der Waals surface area (Å²) in [5.74, 6) is -0.266. The van der Waals surface area contributed by atoms with Crippen LogP contribution in [0.1, 0.15) is 51.2 Å².